The molecular formula is C8H3Cl2IS. The van der Waals surface area contributed by atoms with Gasteiger partial charge in [0.05, 0.1) is 12.9 Å². The predicted molar refractivity (Wildman–Crippen MR) is 64.6 cm³/mol. The van der Waals surface area contributed by atoms with Crippen molar-refractivity contribution in [3.63, 3.8) is 0 Å². The summed E-state index contributed by atoms with van der Waals surface area (Å²) in [6, 6.07) is 5.91. The molecule has 0 saturated carbocycles. The van der Waals surface area contributed by atoms with Crippen LogP contribution in [0, 0.1) is 2.88 Å². The van der Waals surface area contributed by atoms with E-state index in [0.717, 1.165) is 0 Å². The third-order valence-corrected chi connectivity index (χ3v) is 4.11. The first-order valence-corrected chi connectivity index (χ1v) is 5.86. The summed E-state index contributed by atoms with van der Waals surface area (Å²) in [5.41, 5.74) is 0. The summed E-state index contributed by atoms with van der Waals surface area (Å²) >= 11 is 15.7. The number of thiophene rings is 1. The molecule has 0 spiro atoms. The van der Waals surface area contributed by atoms with E-state index in [1.807, 2.05) is 12.1 Å². The van der Waals surface area contributed by atoms with Gasteiger partial charge in [0, 0.05) is 4.70 Å². The molecule has 2 aromatic rings. The Hall–Kier alpha value is 0.490. The van der Waals surface area contributed by atoms with Crippen LogP contribution in [0.25, 0.3) is 10.1 Å². The Kier molecular flexibility index (Phi) is 2.51. The van der Waals surface area contributed by atoms with Crippen LogP contribution < -0.4 is 0 Å². The molecule has 0 aliphatic rings. The lowest BCUT2D eigenvalue weighted by Gasteiger charge is -1.93. The largest absolute Gasteiger partial charge is 0.129 e. The van der Waals surface area contributed by atoms with E-state index in [4.69, 9.17) is 23.2 Å². The Bertz CT molecular complexity index is 397. The average molecular weight is 329 g/mol. The van der Waals surface area contributed by atoms with Crippen molar-refractivity contribution in [2.75, 3.05) is 0 Å². The maximum Gasteiger partial charge on any atom is 0.0666 e. The maximum atomic E-state index is 5.87. The normalized spacial score (nSPS) is 10.9. The quantitative estimate of drug-likeness (QED) is 0.609. The molecular weight excluding hydrogens is 326 g/mol. The van der Waals surface area contributed by atoms with E-state index in [1.165, 1.54) is 13.0 Å². The third-order valence-electron chi connectivity index (χ3n) is 1.53. The zero-order valence-electron chi connectivity index (χ0n) is 5.77. The van der Waals surface area contributed by atoms with Crippen molar-refractivity contribution in [1.82, 2.24) is 0 Å². The topological polar surface area (TPSA) is 0 Å². The molecule has 0 fully saturated rings. The van der Waals surface area contributed by atoms with Crippen molar-refractivity contribution in [1.29, 1.82) is 0 Å². The first-order chi connectivity index (χ1) is 5.66. The van der Waals surface area contributed by atoms with Crippen molar-refractivity contribution in [2.45, 2.75) is 0 Å². The minimum Gasteiger partial charge on any atom is -0.129 e. The smallest absolute Gasteiger partial charge is 0.0666 e. The Labute approximate surface area is 97.6 Å². The molecule has 1 aromatic heterocycles. The zero-order chi connectivity index (χ0) is 8.72. The van der Waals surface area contributed by atoms with Gasteiger partial charge < -0.3 is 0 Å². The monoisotopic (exact) mass is 328 g/mol. The van der Waals surface area contributed by atoms with Crippen molar-refractivity contribution >= 4 is 67.2 Å². The molecule has 0 aliphatic carbocycles. The molecule has 0 nitrogen and oxygen atoms in total. The van der Waals surface area contributed by atoms with Gasteiger partial charge in [-0.1, -0.05) is 23.2 Å². The lowest BCUT2D eigenvalue weighted by molar-refractivity contribution is 1.83. The summed E-state index contributed by atoms with van der Waals surface area (Å²) in [5.74, 6) is 0. The molecule has 0 aliphatic heterocycles. The Morgan fingerprint density at radius 3 is 2.50 bits per heavy atom. The molecule has 0 amide bonds. The third kappa shape index (κ3) is 1.58. The van der Waals surface area contributed by atoms with Crippen molar-refractivity contribution in [3.05, 3.63) is 31.1 Å². The summed E-state index contributed by atoms with van der Waals surface area (Å²) in [6.07, 6.45) is 0. The molecule has 62 valence electrons. The molecule has 0 bridgehead atoms. The second kappa shape index (κ2) is 3.33. The van der Waals surface area contributed by atoms with E-state index in [1.54, 1.807) is 11.3 Å². The minimum absolute atomic E-state index is 0.623. The highest BCUT2D eigenvalue weighted by atomic mass is 127. The average Bonchev–Trinajstić information content (AvgIpc) is 2.30. The highest BCUT2D eigenvalue weighted by molar-refractivity contribution is 14.1. The van der Waals surface area contributed by atoms with Gasteiger partial charge in [-0.05, 0) is 46.2 Å². The fraction of sp³-hybridized carbons (Fsp3) is 0. The Morgan fingerprint density at radius 1 is 1.08 bits per heavy atom. The van der Waals surface area contributed by atoms with Crippen LogP contribution in [0.4, 0.5) is 0 Å². The molecule has 0 saturated heterocycles. The van der Waals surface area contributed by atoms with E-state index < -0.39 is 0 Å². The van der Waals surface area contributed by atoms with Gasteiger partial charge in [-0.3, -0.25) is 0 Å². The molecule has 4 heteroatoms. The fourth-order valence-corrected chi connectivity index (χ4v) is 3.26. The van der Waals surface area contributed by atoms with Gasteiger partial charge in [-0.2, -0.15) is 0 Å². The molecule has 0 radical (unpaired) electrons. The SMILES string of the molecule is Clc1cc2cc(I)sc2cc1Cl. The van der Waals surface area contributed by atoms with E-state index >= 15 is 0 Å². The van der Waals surface area contributed by atoms with Gasteiger partial charge in [0.25, 0.3) is 0 Å². The van der Waals surface area contributed by atoms with E-state index in [-0.39, 0.29) is 0 Å². The van der Waals surface area contributed by atoms with Crippen LogP contribution in [0.3, 0.4) is 0 Å². The first kappa shape index (κ1) is 9.06. The van der Waals surface area contributed by atoms with Crippen LogP contribution in [0.1, 0.15) is 0 Å². The van der Waals surface area contributed by atoms with Crippen molar-refractivity contribution in [3.8, 4) is 0 Å². The van der Waals surface area contributed by atoms with Gasteiger partial charge in [0.2, 0.25) is 0 Å². The summed E-state index contributed by atoms with van der Waals surface area (Å²) in [4.78, 5) is 0. The van der Waals surface area contributed by atoms with E-state index in [9.17, 15) is 0 Å². The van der Waals surface area contributed by atoms with Crippen LogP contribution >= 0.6 is 57.1 Å². The van der Waals surface area contributed by atoms with Crippen LogP contribution in [-0.4, -0.2) is 0 Å². The molecule has 12 heavy (non-hydrogen) atoms. The van der Waals surface area contributed by atoms with Gasteiger partial charge in [0.1, 0.15) is 0 Å². The number of hydrogen-bond donors (Lipinski definition) is 0. The van der Waals surface area contributed by atoms with Crippen molar-refractivity contribution in [2.24, 2.45) is 0 Å². The molecule has 1 aromatic carbocycles. The van der Waals surface area contributed by atoms with Gasteiger partial charge in [0.15, 0.2) is 0 Å². The standard InChI is InChI=1S/C8H3Cl2IS/c9-5-1-4-2-8(11)12-7(4)3-6(5)10/h1-3H. The lowest BCUT2D eigenvalue weighted by atomic mass is 10.3. The van der Waals surface area contributed by atoms with Gasteiger partial charge in [-0.15, -0.1) is 11.3 Å². The second-order valence-corrected chi connectivity index (χ2v) is 6.15. The summed E-state index contributed by atoms with van der Waals surface area (Å²) in [6.45, 7) is 0. The Balaban J connectivity index is 2.83. The van der Waals surface area contributed by atoms with Gasteiger partial charge >= 0.3 is 0 Å². The van der Waals surface area contributed by atoms with E-state index in [0.29, 0.717) is 10.0 Å². The van der Waals surface area contributed by atoms with Crippen LogP contribution in [-0.2, 0) is 0 Å². The van der Waals surface area contributed by atoms with E-state index in [2.05, 4.69) is 28.7 Å². The number of hydrogen-bond acceptors (Lipinski definition) is 1. The Morgan fingerprint density at radius 2 is 1.75 bits per heavy atom. The first-order valence-electron chi connectivity index (χ1n) is 3.21. The van der Waals surface area contributed by atoms with Crippen LogP contribution in [0.15, 0.2) is 18.2 Å². The zero-order valence-corrected chi connectivity index (χ0v) is 10.3. The highest BCUT2D eigenvalue weighted by Crippen LogP contribution is 2.33. The van der Waals surface area contributed by atoms with Crippen molar-refractivity contribution < 1.29 is 0 Å². The molecule has 0 unspecified atom stereocenters. The number of rotatable bonds is 0. The fourth-order valence-electron chi connectivity index (χ4n) is 1.00. The number of fused-ring (bicyclic) bond motifs is 1. The molecule has 0 atom stereocenters. The van der Waals surface area contributed by atoms with Gasteiger partial charge in [-0.25, -0.2) is 0 Å². The molecule has 1 heterocycles. The predicted octanol–water partition coefficient (Wildman–Crippen LogP) is 4.81. The van der Waals surface area contributed by atoms with Crippen LogP contribution in [0.2, 0.25) is 10.0 Å². The number of benzene rings is 1. The van der Waals surface area contributed by atoms with Crippen LogP contribution in [0.5, 0.6) is 0 Å². The summed E-state index contributed by atoms with van der Waals surface area (Å²) < 4.78 is 2.44. The summed E-state index contributed by atoms with van der Waals surface area (Å²) in [7, 11) is 0. The summed E-state index contributed by atoms with van der Waals surface area (Å²) in [5, 5.41) is 2.42. The highest BCUT2D eigenvalue weighted by Gasteiger charge is 2.03. The molecule has 2 rings (SSSR count). The lowest BCUT2D eigenvalue weighted by Crippen LogP contribution is -1.66. The maximum absolute atomic E-state index is 5.87. The minimum atomic E-state index is 0.623. The second-order valence-electron chi connectivity index (χ2n) is 2.35. The molecule has 0 N–H and O–H groups in total. The number of halogens is 3.